The van der Waals surface area contributed by atoms with Gasteiger partial charge in [0.05, 0.1) is 6.10 Å². The lowest BCUT2D eigenvalue weighted by atomic mass is 10.1. The number of aromatic amines is 1. The Morgan fingerprint density at radius 3 is 3.17 bits per heavy atom. The molecule has 1 aromatic heterocycles. The van der Waals surface area contributed by atoms with E-state index < -0.39 is 0 Å². The second-order valence-corrected chi connectivity index (χ2v) is 4.55. The SMILES string of the molecule is CCCc1nc(C(=O)NCC2CCCCO2)n[nH]1. The average Bonchev–Trinajstić information content (AvgIpc) is 2.86. The third-order valence-corrected chi connectivity index (χ3v) is 2.99. The fraction of sp³-hybridized carbons (Fsp3) is 0.750. The zero-order valence-electron chi connectivity index (χ0n) is 10.7. The van der Waals surface area contributed by atoms with Crippen LogP contribution in [0.15, 0.2) is 0 Å². The Bertz CT molecular complexity index is 385. The molecule has 0 aromatic carbocycles. The first-order valence-corrected chi connectivity index (χ1v) is 6.60. The van der Waals surface area contributed by atoms with E-state index in [1.54, 1.807) is 0 Å². The van der Waals surface area contributed by atoms with Crippen LogP contribution in [0, 0.1) is 0 Å². The summed E-state index contributed by atoms with van der Waals surface area (Å²) in [6, 6.07) is 0. The number of carbonyl (C=O) groups excluding carboxylic acids is 1. The van der Waals surface area contributed by atoms with Crippen molar-refractivity contribution in [3.63, 3.8) is 0 Å². The van der Waals surface area contributed by atoms with E-state index in [2.05, 4.69) is 27.4 Å². The number of aromatic nitrogens is 3. The van der Waals surface area contributed by atoms with Crippen LogP contribution in [-0.4, -0.2) is 40.3 Å². The molecule has 0 aliphatic carbocycles. The first-order valence-electron chi connectivity index (χ1n) is 6.60. The van der Waals surface area contributed by atoms with Gasteiger partial charge in [-0.1, -0.05) is 6.92 Å². The number of hydrogen-bond donors (Lipinski definition) is 2. The Morgan fingerprint density at radius 2 is 2.44 bits per heavy atom. The molecule has 0 bridgehead atoms. The van der Waals surface area contributed by atoms with E-state index >= 15 is 0 Å². The minimum absolute atomic E-state index is 0.136. The number of rotatable bonds is 5. The number of aryl methyl sites for hydroxylation is 1. The molecule has 1 saturated heterocycles. The van der Waals surface area contributed by atoms with Crippen molar-refractivity contribution in [2.75, 3.05) is 13.2 Å². The lowest BCUT2D eigenvalue weighted by Crippen LogP contribution is -2.35. The van der Waals surface area contributed by atoms with Crippen LogP contribution in [0.4, 0.5) is 0 Å². The van der Waals surface area contributed by atoms with Gasteiger partial charge in [0, 0.05) is 19.6 Å². The Kier molecular flexibility index (Phi) is 4.69. The van der Waals surface area contributed by atoms with Crippen molar-refractivity contribution in [3.8, 4) is 0 Å². The molecule has 6 heteroatoms. The Hall–Kier alpha value is -1.43. The van der Waals surface area contributed by atoms with Crippen molar-refractivity contribution in [1.29, 1.82) is 0 Å². The van der Waals surface area contributed by atoms with Gasteiger partial charge in [-0.05, 0) is 25.7 Å². The molecule has 100 valence electrons. The van der Waals surface area contributed by atoms with Crippen LogP contribution < -0.4 is 5.32 Å². The van der Waals surface area contributed by atoms with Crippen molar-refractivity contribution in [2.45, 2.75) is 45.1 Å². The standard InChI is InChI=1S/C12H20N4O2/c1-2-5-10-14-11(16-15-10)12(17)13-8-9-6-3-4-7-18-9/h9H,2-8H2,1H3,(H,13,17)(H,14,15,16). The Balaban J connectivity index is 1.79. The number of H-pyrrole nitrogens is 1. The Morgan fingerprint density at radius 1 is 1.56 bits per heavy atom. The van der Waals surface area contributed by atoms with Gasteiger partial charge in [-0.15, -0.1) is 5.10 Å². The molecule has 2 N–H and O–H groups in total. The zero-order chi connectivity index (χ0) is 12.8. The highest BCUT2D eigenvalue weighted by Gasteiger charge is 2.17. The van der Waals surface area contributed by atoms with Crippen molar-refractivity contribution >= 4 is 5.91 Å². The molecule has 2 rings (SSSR count). The van der Waals surface area contributed by atoms with Crippen LogP contribution in [0.1, 0.15) is 49.1 Å². The number of nitrogens with zero attached hydrogens (tertiary/aromatic N) is 2. The smallest absolute Gasteiger partial charge is 0.291 e. The molecule has 1 fully saturated rings. The molecular formula is C12H20N4O2. The van der Waals surface area contributed by atoms with E-state index in [9.17, 15) is 4.79 Å². The minimum Gasteiger partial charge on any atom is -0.376 e. The summed E-state index contributed by atoms with van der Waals surface area (Å²) < 4.78 is 5.54. The molecule has 0 saturated carbocycles. The van der Waals surface area contributed by atoms with Gasteiger partial charge in [0.1, 0.15) is 5.82 Å². The van der Waals surface area contributed by atoms with Gasteiger partial charge in [-0.3, -0.25) is 9.89 Å². The van der Waals surface area contributed by atoms with Crippen LogP contribution in [0.2, 0.25) is 0 Å². The topological polar surface area (TPSA) is 79.9 Å². The van der Waals surface area contributed by atoms with Crippen molar-refractivity contribution in [2.24, 2.45) is 0 Å². The molecule has 1 aliphatic heterocycles. The molecule has 1 atom stereocenters. The van der Waals surface area contributed by atoms with Gasteiger partial charge in [0.2, 0.25) is 5.82 Å². The predicted octanol–water partition coefficient (Wildman–Crippen LogP) is 1.06. The number of amides is 1. The van der Waals surface area contributed by atoms with Gasteiger partial charge in [-0.2, -0.15) is 0 Å². The first-order chi connectivity index (χ1) is 8.79. The lowest BCUT2D eigenvalue weighted by Gasteiger charge is -2.22. The van der Waals surface area contributed by atoms with E-state index in [0.29, 0.717) is 6.54 Å². The third-order valence-electron chi connectivity index (χ3n) is 2.99. The van der Waals surface area contributed by atoms with Crippen LogP contribution in [0.5, 0.6) is 0 Å². The van der Waals surface area contributed by atoms with Crippen LogP contribution in [0.3, 0.4) is 0 Å². The third kappa shape index (κ3) is 3.53. The van der Waals surface area contributed by atoms with Gasteiger partial charge in [0.25, 0.3) is 5.91 Å². The van der Waals surface area contributed by atoms with E-state index in [4.69, 9.17) is 4.74 Å². The summed E-state index contributed by atoms with van der Waals surface area (Å²) >= 11 is 0. The number of hydrogen-bond acceptors (Lipinski definition) is 4. The molecule has 1 unspecified atom stereocenters. The summed E-state index contributed by atoms with van der Waals surface area (Å²) in [4.78, 5) is 15.9. The van der Waals surface area contributed by atoms with E-state index in [1.165, 1.54) is 6.42 Å². The summed E-state index contributed by atoms with van der Waals surface area (Å²) in [7, 11) is 0. The molecule has 2 heterocycles. The molecule has 6 nitrogen and oxygen atoms in total. The molecule has 18 heavy (non-hydrogen) atoms. The number of carbonyl (C=O) groups is 1. The molecule has 1 aromatic rings. The predicted molar refractivity (Wildman–Crippen MR) is 66.3 cm³/mol. The van der Waals surface area contributed by atoms with E-state index in [1.807, 2.05) is 0 Å². The second kappa shape index (κ2) is 6.49. The number of nitrogens with one attached hydrogen (secondary N) is 2. The van der Waals surface area contributed by atoms with Crippen LogP contribution in [0.25, 0.3) is 0 Å². The average molecular weight is 252 g/mol. The monoisotopic (exact) mass is 252 g/mol. The highest BCUT2D eigenvalue weighted by Crippen LogP contribution is 2.11. The van der Waals surface area contributed by atoms with Crippen molar-refractivity contribution < 1.29 is 9.53 Å². The van der Waals surface area contributed by atoms with Crippen molar-refractivity contribution in [1.82, 2.24) is 20.5 Å². The highest BCUT2D eigenvalue weighted by atomic mass is 16.5. The molecular weight excluding hydrogens is 232 g/mol. The first kappa shape index (κ1) is 13.0. The quantitative estimate of drug-likeness (QED) is 0.821. The van der Waals surface area contributed by atoms with E-state index in [0.717, 1.165) is 38.1 Å². The van der Waals surface area contributed by atoms with Crippen LogP contribution >= 0.6 is 0 Å². The maximum atomic E-state index is 11.8. The van der Waals surface area contributed by atoms with E-state index in [-0.39, 0.29) is 17.8 Å². The second-order valence-electron chi connectivity index (χ2n) is 4.55. The van der Waals surface area contributed by atoms with Crippen LogP contribution in [-0.2, 0) is 11.2 Å². The fourth-order valence-corrected chi connectivity index (χ4v) is 2.00. The summed E-state index contributed by atoms with van der Waals surface area (Å²) in [6.45, 7) is 3.39. The van der Waals surface area contributed by atoms with Gasteiger partial charge in [-0.25, -0.2) is 4.98 Å². The summed E-state index contributed by atoms with van der Waals surface area (Å²) in [5, 5.41) is 9.50. The lowest BCUT2D eigenvalue weighted by molar-refractivity contribution is 0.0168. The molecule has 0 radical (unpaired) electrons. The molecule has 0 spiro atoms. The van der Waals surface area contributed by atoms with Gasteiger partial charge in [0.15, 0.2) is 0 Å². The number of ether oxygens (including phenoxy) is 1. The maximum Gasteiger partial charge on any atom is 0.291 e. The van der Waals surface area contributed by atoms with Gasteiger partial charge < -0.3 is 10.1 Å². The largest absolute Gasteiger partial charge is 0.376 e. The zero-order valence-corrected chi connectivity index (χ0v) is 10.7. The van der Waals surface area contributed by atoms with Crippen molar-refractivity contribution in [3.05, 3.63) is 11.6 Å². The summed E-state index contributed by atoms with van der Waals surface area (Å²) in [5.41, 5.74) is 0. The normalized spacial score (nSPS) is 19.7. The highest BCUT2D eigenvalue weighted by molar-refractivity contribution is 5.90. The Labute approximate surface area is 107 Å². The summed E-state index contributed by atoms with van der Waals surface area (Å²) in [6.07, 6.45) is 5.22. The maximum absolute atomic E-state index is 11.8. The summed E-state index contributed by atoms with van der Waals surface area (Å²) in [5.74, 6) is 0.744. The molecule has 1 aliphatic rings. The fourth-order valence-electron chi connectivity index (χ4n) is 2.00. The minimum atomic E-state index is -0.234. The molecule has 1 amide bonds. The van der Waals surface area contributed by atoms with Gasteiger partial charge >= 0.3 is 0 Å².